The van der Waals surface area contributed by atoms with Crippen LogP contribution in [0.5, 0.6) is 5.75 Å². The molecule has 0 radical (unpaired) electrons. The Hall–Kier alpha value is -5.92. The van der Waals surface area contributed by atoms with E-state index in [9.17, 15) is 29.1 Å². The average molecular weight is 761 g/mol. The highest BCUT2D eigenvalue weighted by atomic mass is 32.2. The first-order valence-corrected chi connectivity index (χ1v) is 19.0. The molecule has 0 saturated carbocycles. The van der Waals surface area contributed by atoms with Crippen LogP contribution in [-0.4, -0.2) is 76.8 Å². The number of carboxylic acid groups (broad SMARTS) is 1. The first-order valence-electron chi connectivity index (χ1n) is 17.8. The highest BCUT2D eigenvalue weighted by Crippen LogP contribution is 2.52. The van der Waals surface area contributed by atoms with Crippen molar-refractivity contribution in [2.75, 3.05) is 19.0 Å². The number of hydrogen-bond donors (Lipinski definition) is 2. The Morgan fingerprint density at radius 2 is 1.51 bits per heavy atom. The zero-order valence-electron chi connectivity index (χ0n) is 29.4. The number of amides is 3. The number of nitrogens with one attached hydrogen (secondary N) is 1. The van der Waals surface area contributed by atoms with Crippen LogP contribution in [0.25, 0.3) is 11.1 Å². The highest BCUT2D eigenvalue weighted by Gasteiger charge is 2.68. The monoisotopic (exact) mass is 760 g/mol. The first kappa shape index (κ1) is 36.1. The van der Waals surface area contributed by atoms with Gasteiger partial charge in [0, 0.05) is 17.4 Å². The number of likely N-dealkylation sites (tertiary alicyclic amines) is 1. The topological polar surface area (TPSA) is 158 Å². The number of aliphatic carboxylic acids is 1. The molecular weight excluding hydrogens is 725 g/mol. The van der Waals surface area contributed by atoms with Gasteiger partial charge in [-0.1, -0.05) is 97.1 Å². The number of nitrogens with zero attached hydrogens (tertiary/aromatic N) is 1. The molecule has 13 heteroatoms. The number of carboxylic acids is 1. The fourth-order valence-corrected chi connectivity index (χ4v) is 8.86. The van der Waals surface area contributed by atoms with Gasteiger partial charge in [-0.25, -0.2) is 14.4 Å². The summed E-state index contributed by atoms with van der Waals surface area (Å²) in [5, 5.41) is 12.2. The van der Waals surface area contributed by atoms with Gasteiger partial charge in [-0.2, -0.15) is 11.8 Å². The van der Waals surface area contributed by atoms with Crippen LogP contribution in [0.4, 0.5) is 9.59 Å². The van der Waals surface area contributed by atoms with E-state index in [2.05, 4.69) is 5.32 Å². The molecule has 2 bridgehead atoms. The third-order valence-electron chi connectivity index (χ3n) is 10.5. The minimum Gasteiger partial charge on any atom is -0.480 e. The molecule has 0 aromatic heterocycles. The lowest BCUT2D eigenvalue weighted by Crippen LogP contribution is -2.44. The smallest absolute Gasteiger partial charge is 0.480 e. The molecule has 3 aliphatic heterocycles. The highest BCUT2D eigenvalue weighted by molar-refractivity contribution is 7.98. The summed E-state index contributed by atoms with van der Waals surface area (Å²) < 4.78 is 22.4. The molecule has 4 aliphatic rings. The standard InChI is InChI=1S/C42H36N2O10S/c45-37-35-34-18-19-42(54-34,36(35)38(46)44(37)20-25-8-2-1-3-9-25)24-52-41(50)53-27-16-14-26(15-17-27)22-55-23-33(39(47)48)43-40(49)51-21-32-30-12-6-4-10-28(30)29-11-5-7-13-31(29)32/h1-19,32-36H,20-24H2,(H,43,49)(H,47,48). The van der Waals surface area contributed by atoms with E-state index in [1.807, 2.05) is 78.9 Å². The fraction of sp³-hybridized carbons (Fsp3) is 0.262. The molecule has 5 unspecified atom stereocenters. The van der Waals surface area contributed by atoms with Crippen LogP contribution < -0.4 is 10.1 Å². The molecule has 3 heterocycles. The van der Waals surface area contributed by atoms with E-state index in [1.54, 1.807) is 36.4 Å². The summed E-state index contributed by atoms with van der Waals surface area (Å²) in [6.45, 7) is -0.0746. The Kier molecular flexibility index (Phi) is 9.89. The molecule has 1 aliphatic carbocycles. The maximum absolute atomic E-state index is 13.5. The van der Waals surface area contributed by atoms with E-state index in [1.165, 1.54) is 16.7 Å². The quantitative estimate of drug-likeness (QED) is 0.0720. The Bertz CT molecular complexity index is 2130. The molecule has 5 atom stereocenters. The number of carbonyl (C=O) groups is 5. The van der Waals surface area contributed by atoms with Crippen molar-refractivity contribution < 1.29 is 48.0 Å². The van der Waals surface area contributed by atoms with Crippen molar-refractivity contribution in [3.8, 4) is 16.9 Å². The number of rotatable bonds is 13. The van der Waals surface area contributed by atoms with Crippen molar-refractivity contribution in [3.63, 3.8) is 0 Å². The van der Waals surface area contributed by atoms with Crippen molar-refractivity contribution in [1.29, 1.82) is 0 Å². The molecule has 3 amide bonds. The van der Waals surface area contributed by atoms with Gasteiger partial charge in [0.2, 0.25) is 11.8 Å². The fourth-order valence-electron chi connectivity index (χ4n) is 7.85. The third kappa shape index (κ3) is 7.08. The lowest BCUT2D eigenvalue weighted by molar-refractivity contribution is -0.146. The molecule has 12 nitrogen and oxygen atoms in total. The molecule has 2 saturated heterocycles. The predicted molar refractivity (Wildman–Crippen MR) is 200 cm³/mol. The van der Waals surface area contributed by atoms with E-state index in [-0.39, 0.29) is 49.0 Å². The number of alkyl carbamates (subject to hydrolysis) is 1. The Labute approximate surface area is 320 Å². The number of thioether (sulfide) groups is 1. The van der Waals surface area contributed by atoms with Crippen LogP contribution in [0, 0.1) is 11.8 Å². The van der Waals surface area contributed by atoms with Crippen LogP contribution in [0.3, 0.4) is 0 Å². The summed E-state index contributed by atoms with van der Waals surface area (Å²) in [5.74, 6) is -2.76. The molecule has 280 valence electrons. The summed E-state index contributed by atoms with van der Waals surface area (Å²) >= 11 is 1.31. The second-order valence-corrected chi connectivity index (χ2v) is 14.8. The maximum atomic E-state index is 13.5. The summed E-state index contributed by atoms with van der Waals surface area (Å²) in [4.78, 5) is 65.3. The van der Waals surface area contributed by atoms with E-state index in [0.717, 1.165) is 33.4 Å². The van der Waals surface area contributed by atoms with Crippen LogP contribution in [0.2, 0.25) is 0 Å². The average Bonchev–Trinajstić information content (AvgIpc) is 3.93. The van der Waals surface area contributed by atoms with Gasteiger partial charge >= 0.3 is 18.2 Å². The Morgan fingerprint density at radius 1 is 0.836 bits per heavy atom. The Balaban J connectivity index is 0.790. The molecule has 4 aromatic carbocycles. The number of hydrogen-bond acceptors (Lipinski definition) is 10. The lowest BCUT2D eigenvalue weighted by Gasteiger charge is -2.28. The SMILES string of the molecule is O=C(NC(CSCc1ccc(OC(=O)OCC23C=CC(O2)C2C(=O)N(Cc4ccccc4)C(=O)C23)cc1)C(=O)O)OCC1c2ccccc2-c2ccccc21. The predicted octanol–water partition coefficient (Wildman–Crippen LogP) is 5.94. The number of benzene rings is 4. The first-order chi connectivity index (χ1) is 26.7. The van der Waals surface area contributed by atoms with Gasteiger partial charge in [-0.15, -0.1) is 0 Å². The summed E-state index contributed by atoms with van der Waals surface area (Å²) in [7, 11) is 0. The van der Waals surface area contributed by atoms with E-state index >= 15 is 0 Å². The number of ether oxygens (including phenoxy) is 4. The second-order valence-electron chi connectivity index (χ2n) is 13.8. The lowest BCUT2D eigenvalue weighted by atomic mass is 9.77. The van der Waals surface area contributed by atoms with Gasteiger partial charge < -0.3 is 29.4 Å². The molecular formula is C42H36N2O10S. The van der Waals surface area contributed by atoms with Crippen molar-refractivity contribution in [1.82, 2.24) is 10.2 Å². The van der Waals surface area contributed by atoms with Crippen LogP contribution in [-0.2, 0) is 40.9 Å². The maximum Gasteiger partial charge on any atom is 0.513 e. The minimum absolute atomic E-state index is 0.0725. The summed E-state index contributed by atoms with van der Waals surface area (Å²) in [5.41, 5.74) is 4.70. The van der Waals surface area contributed by atoms with Crippen molar-refractivity contribution in [3.05, 3.63) is 138 Å². The number of fused-ring (bicyclic) bond motifs is 8. The van der Waals surface area contributed by atoms with Crippen LogP contribution in [0.1, 0.15) is 28.2 Å². The van der Waals surface area contributed by atoms with Gasteiger partial charge in [-0.05, 0) is 51.6 Å². The van der Waals surface area contributed by atoms with Crippen molar-refractivity contribution in [2.45, 2.75) is 36.0 Å². The van der Waals surface area contributed by atoms with Gasteiger partial charge in [0.05, 0.1) is 24.5 Å². The van der Waals surface area contributed by atoms with Crippen molar-refractivity contribution >= 4 is 41.8 Å². The van der Waals surface area contributed by atoms with Gasteiger partial charge in [-0.3, -0.25) is 14.5 Å². The van der Waals surface area contributed by atoms with Gasteiger partial charge in [0.15, 0.2) is 0 Å². The molecule has 55 heavy (non-hydrogen) atoms. The number of carbonyl (C=O) groups excluding carboxylic acids is 4. The van der Waals surface area contributed by atoms with Gasteiger partial charge in [0.25, 0.3) is 0 Å². The van der Waals surface area contributed by atoms with Gasteiger partial charge in [0.1, 0.15) is 30.6 Å². The van der Waals surface area contributed by atoms with E-state index in [0.29, 0.717) is 5.75 Å². The van der Waals surface area contributed by atoms with Crippen LogP contribution >= 0.6 is 11.8 Å². The van der Waals surface area contributed by atoms with Crippen LogP contribution in [0.15, 0.2) is 115 Å². The molecule has 8 rings (SSSR count). The minimum atomic E-state index is -1.26. The normalized spacial score (nSPS) is 22.2. The molecule has 0 spiro atoms. The zero-order chi connectivity index (χ0) is 38.1. The molecule has 2 fully saturated rings. The number of imide groups is 1. The zero-order valence-corrected chi connectivity index (χ0v) is 30.2. The third-order valence-corrected chi connectivity index (χ3v) is 11.6. The van der Waals surface area contributed by atoms with E-state index in [4.69, 9.17) is 18.9 Å². The largest absolute Gasteiger partial charge is 0.513 e. The Morgan fingerprint density at radius 3 is 2.20 bits per heavy atom. The second kappa shape index (κ2) is 15.1. The summed E-state index contributed by atoms with van der Waals surface area (Å²) in [6, 6.07) is 30.6. The summed E-state index contributed by atoms with van der Waals surface area (Å²) in [6.07, 6.45) is 1.04. The molecule has 2 N–H and O–H groups in total. The van der Waals surface area contributed by atoms with E-state index < -0.39 is 47.8 Å². The van der Waals surface area contributed by atoms with Crippen molar-refractivity contribution in [2.24, 2.45) is 11.8 Å². The molecule has 4 aromatic rings.